The van der Waals surface area contributed by atoms with Gasteiger partial charge in [-0.3, -0.25) is 0 Å². The number of halogens is 3. The summed E-state index contributed by atoms with van der Waals surface area (Å²) in [6, 6.07) is 1.95. The summed E-state index contributed by atoms with van der Waals surface area (Å²) in [5.74, 6) is -1.36. The van der Waals surface area contributed by atoms with Crippen LogP contribution in [-0.4, -0.2) is 24.8 Å². The molecule has 0 aliphatic heterocycles. The average Bonchev–Trinajstić information content (AvgIpc) is 2.23. The molecule has 2 N–H and O–H groups in total. The van der Waals surface area contributed by atoms with Crippen LogP contribution in [-0.2, 0) is 4.74 Å². The van der Waals surface area contributed by atoms with Gasteiger partial charge < -0.3 is 15.4 Å². The molecule has 1 aromatic carbocycles. The zero-order valence-corrected chi connectivity index (χ0v) is 13.1. The molecule has 1 aromatic rings. The minimum atomic E-state index is -0.700. The van der Waals surface area contributed by atoms with E-state index < -0.39 is 23.3 Å². The van der Waals surface area contributed by atoms with Crippen molar-refractivity contribution in [3.05, 3.63) is 28.2 Å². The Hall–Kier alpha value is -1.37. The van der Waals surface area contributed by atoms with Crippen LogP contribution in [0.5, 0.6) is 0 Å². The summed E-state index contributed by atoms with van der Waals surface area (Å²) in [4.78, 5) is 11.4. The van der Waals surface area contributed by atoms with E-state index in [2.05, 4.69) is 26.6 Å². The fraction of sp³-hybridized carbons (Fsp3) is 0.462. The van der Waals surface area contributed by atoms with Crippen molar-refractivity contribution in [2.24, 2.45) is 0 Å². The number of rotatable bonds is 4. The lowest BCUT2D eigenvalue weighted by Gasteiger charge is -2.19. The summed E-state index contributed by atoms with van der Waals surface area (Å²) in [6.45, 7) is 5.81. The Balaban J connectivity index is 2.41. The third-order valence-electron chi connectivity index (χ3n) is 2.10. The second kappa shape index (κ2) is 6.88. The highest BCUT2D eigenvalue weighted by Crippen LogP contribution is 2.26. The van der Waals surface area contributed by atoms with Gasteiger partial charge in [0.25, 0.3) is 0 Å². The quantitative estimate of drug-likeness (QED) is 0.814. The van der Waals surface area contributed by atoms with E-state index in [1.165, 1.54) is 0 Å². The van der Waals surface area contributed by atoms with Crippen molar-refractivity contribution < 1.29 is 18.3 Å². The maximum atomic E-state index is 13.5. The van der Waals surface area contributed by atoms with Crippen LogP contribution < -0.4 is 10.6 Å². The van der Waals surface area contributed by atoms with Crippen LogP contribution in [0.2, 0.25) is 0 Å². The van der Waals surface area contributed by atoms with Gasteiger partial charge in [0.1, 0.15) is 17.2 Å². The van der Waals surface area contributed by atoms with Gasteiger partial charge in [-0.2, -0.15) is 0 Å². The third-order valence-corrected chi connectivity index (χ3v) is 2.73. The van der Waals surface area contributed by atoms with E-state index in [1.807, 2.05) is 0 Å². The second-order valence-electron chi connectivity index (χ2n) is 5.10. The summed E-state index contributed by atoms with van der Waals surface area (Å²) >= 11 is 3.06. The van der Waals surface area contributed by atoms with Crippen LogP contribution in [0.15, 0.2) is 16.6 Å². The molecule has 0 aliphatic rings. The van der Waals surface area contributed by atoms with E-state index in [0.29, 0.717) is 0 Å². The average molecular weight is 351 g/mol. The van der Waals surface area contributed by atoms with Crippen molar-refractivity contribution >= 4 is 27.7 Å². The lowest BCUT2D eigenvalue weighted by molar-refractivity contribution is 0.0530. The summed E-state index contributed by atoms with van der Waals surface area (Å²) in [5.41, 5.74) is -0.416. The predicted molar refractivity (Wildman–Crippen MR) is 76.8 cm³/mol. The van der Waals surface area contributed by atoms with E-state index >= 15 is 0 Å². The molecule has 4 nitrogen and oxygen atoms in total. The molecule has 7 heteroatoms. The zero-order valence-electron chi connectivity index (χ0n) is 11.5. The highest BCUT2D eigenvalue weighted by atomic mass is 79.9. The predicted octanol–water partition coefficient (Wildman–Crippen LogP) is 3.66. The molecule has 0 radical (unpaired) electrons. The Labute approximate surface area is 125 Å². The van der Waals surface area contributed by atoms with Gasteiger partial charge in [-0.25, -0.2) is 13.6 Å². The van der Waals surface area contributed by atoms with Crippen molar-refractivity contribution in [1.82, 2.24) is 5.32 Å². The number of carbonyl (C=O) groups is 1. The first-order chi connectivity index (χ1) is 9.19. The van der Waals surface area contributed by atoms with Gasteiger partial charge in [-0.15, -0.1) is 0 Å². The van der Waals surface area contributed by atoms with Crippen LogP contribution in [0.3, 0.4) is 0 Å². The number of hydrogen-bond acceptors (Lipinski definition) is 3. The molecule has 0 fully saturated rings. The highest BCUT2D eigenvalue weighted by Gasteiger charge is 2.15. The monoisotopic (exact) mass is 350 g/mol. The molecule has 1 rings (SSSR count). The van der Waals surface area contributed by atoms with Crippen LogP contribution in [0.25, 0.3) is 0 Å². The first-order valence-corrected chi connectivity index (χ1v) is 6.83. The molecule has 0 saturated carbocycles. The maximum Gasteiger partial charge on any atom is 0.407 e. The summed E-state index contributed by atoms with van der Waals surface area (Å²) < 4.78 is 31.7. The van der Waals surface area contributed by atoms with Crippen molar-refractivity contribution in [2.45, 2.75) is 26.4 Å². The number of benzene rings is 1. The Bertz CT molecular complexity index is 467. The fourth-order valence-corrected chi connectivity index (χ4v) is 1.93. The van der Waals surface area contributed by atoms with E-state index in [-0.39, 0.29) is 23.2 Å². The molecular weight excluding hydrogens is 334 g/mol. The van der Waals surface area contributed by atoms with Crippen molar-refractivity contribution in [3.63, 3.8) is 0 Å². The fourth-order valence-electron chi connectivity index (χ4n) is 1.38. The largest absolute Gasteiger partial charge is 0.444 e. The first-order valence-electron chi connectivity index (χ1n) is 6.04. The lowest BCUT2D eigenvalue weighted by atomic mass is 10.2. The Kier molecular flexibility index (Phi) is 5.74. The Morgan fingerprint density at radius 3 is 2.50 bits per heavy atom. The second-order valence-corrected chi connectivity index (χ2v) is 5.95. The molecule has 0 spiro atoms. The number of nitrogens with one attached hydrogen (secondary N) is 2. The molecule has 0 bridgehead atoms. The van der Waals surface area contributed by atoms with Crippen LogP contribution in [0, 0.1) is 11.6 Å². The van der Waals surface area contributed by atoms with Crippen molar-refractivity contribution in [2.75, 3.05) is 18.4 Å². The molecule has 20 heavy (non-hydrogen) atoms. The zero-order chi connectivity index (χ0) is 15.3. The SMILES string of the molecule is CC(C)(C)OC(=O)NCCNc1c(F)cc(F)cc1Br. The van der Waals surface area contributed by atoms with E-state index in [0.717, 1.165) is 12.1 Å². The van der Waals surface area contributed by atoms with Gasteiger partial charge in [0.15, 0.2) is 0 Å². The van der Waals surface area contributed by atoms with Gasteiger partial charge in [-0.1, -0.05) is 0 Å². The molecular formula is C13H17BrF2N2O2. The summed E-state index contributed by atoms with van der Waals surface area (Å²) in [5, 5.41) is 5.29. The van der Waals surface area contributed by atoms with Crippen molar-refractivity contribution in [3.8, 4) is 0 Å². The molecule has 0 heterocycles. The molecule has 0 atom stereocenters. The molecule has 112 valence electrons. The van der Waals surface area contributed by atoms with E-state index in [1.54, 1.807) is 20.8 Å². The van der Waals surface area contributed by atoms with E-state index in [4.69, 9.17) is 4.74 Å². The maximum absolute atomic E-state index is 13.5. The number of ether oxygens (including phenoxy) is 1. The number of carbonyl (C=O) groups excluding carboxylic acids is 1. The topological polar surface area (TPSA) is 50.4 Å². The Morgan fingerprint density at radius 2 is 1.95 bits per heavy atom. The molecule has 0 aliphatic carbocycles. The lowest BCUT2D eigenvalue weighted by Crippen LogP contribution is -2.35. The molecule has 0 unspecified atom stereocenters. The normalized spacial score (nSPS) is 11.1. The third kappa shape index (κ3) is 5.73. The molecule has 0 saturated heterocycles. The van der Waals surface area contributed by atoms with Crippen LogP contribution in [0.4, 0.5) is 19.3 Å². The first kappa shape index (κ1) is 16.7. The Morgan fingerprint density at radius 1 is 1.30 bits per heavy atom. The van der Waals surface area contributed by atoms with E-state index in [9.17, 15) is 13.6 Å². The number of anilines is 1. The van der Waals surface area contributed by atoms with Gasteiger partial charge >= 0.3 is 6.09 Å². The summed E-state index contributed by atoms with van der Waals surface area (Å²) in [6.07, 6.45) is -0.544. The van der Waals surface area contributed by atoms with Gasteiger partial charge in [0.2, 0.25) is 0 Å². The highest BCUT2D eigenvalue weighted by molar-refractivity contribution is 9.10. The minimum absolute atomic E-state index is 0.150. The number of alkyl carbamates (subject to hydrolysis) is 1. The van der Waals surface area contributed by atoms with Crippen LogP contribution >= 0.6 is 15.9 Å². The van der Waals surface area contributed by atoms with Crippen LogP contribution in [0.1, 0.15) is 20.8 Å². The number of hydrogen-bond donors (Lipinski definition) is 2. The van der Waals surface area contributed by atoms with Gasteiger partial charge in [-0.05, 0) is 42.8 Å². The number of amides is 1. The summed E-state index contributed by atoms with van der Waals surface area (Å²) in [7, 11) is 0. The molecule has 1 amide bonds. The van der Waals surface area contributed by atoms with Crippen molar-refractivity contribution in [1.29, 1.82) is 0 Å². The molecule has 0 aromatic heterocycles. The smallest absolute Gasteiger partial charge is 0.407 e. The standard InChI is InChI=1S/C13H17BrF2N2O2/c1-13(2,3)20-12(19)18-5-4-17-11-9(14)6-8(15)7-10(11)16/h6-7,17H,4-5H2,1-3H3,(H,18,19). The van der Waals surface area contributed by atoms with Gasteiger partial charge in [0.05, 0.1) is 5.69 Å². The minimum Gasteiger partial charge on any atom is -0.444 e. The van der Waals surface area contributed by atoms with Gasteiger partial charge in [0, 0.05) is 23.6 Å².